The Morgan fingerprint density at radius 1 is 1.12 bits per heavy atom. The maximum Gasteiger partial charge on any atom is 0.321 e. The molecule has 140 valence electrons. The van der Waals surface area contributed by atoms with E-state index < -0.39 is 0 Å². The van der Waals surface area contributed by atoms with Gasteiger partial charge in [0, 0.05) is 18.8 Å². The maximum atomic E-state index is 12.6. The molecule has 2 amide bonds. The van der Waals surface area contributed by atoms with Crippen LogP contribution in [0.4, 0.5) is 10.5 Å². The van der Waals surface area contributed by atoms with E-state index in [1.54, 1.807) is 11.8 Å². The molecule has 0 aliphatic heterocycles. The zero-order valence-electron chi connectivity index (χ0n) is 15.8. The molecule has 1 aromatic carbocycles. The van der Waals surface area contributed by atoms with Gasteiger partial charge in [0.15, 0.2) is 0 Å². The number of benzene rings is 1. The third-order valence-corrected chi connectivity index (χ3v) is 4.21. The van der Waals surface area contributed by atoms with Crippen molar-refractivity contribution in [1.82, 2.24) is 9.80 Å². The first kappa shape index (κ1) is 21.0. The fraction of sp³-hybridized carbons (Fsp3) is 0.579. The van der Waals surface area contributed by atoms with Crippen LogP contribution in [0.15, 0.2) is 30.3 Å². The Hall–Kier alpha value is -2.08. The van der Waals surface area contributed by atoms with Gasteiger partial charge in [-0.3, -0.25) is 4.79 Å². The number of esters is 1. The Labute approximate surface area is 151 Å². The van der Waals surface area contributed by atoms with E-state index in [2.05, 4.69) is 24.1 Å². The summed E-state index contributed by atoms with van der Waals surface area (Å²) in [4.78, 5) is 28.3. The standard InChI is InChI=1S/C19H31N3O3/c1-5-21(6-2)13-10-14-22(15-16(3)18(23)25-4)19(24)20-17-11-8-7-9-12-17/h7-9,11-12,16H,5-6,10,13-15H2,1-4H3,(H,20,24). The van der Waals surface area contributed by atoms with Gasteiger partial charge in [-0.25, -0.2) is 4.79 Å². The minimum Gasteiger partial charge on any atom is -0.469 e. The van der Waals surface area contributed by atoms with Crippen molar-refractivity contribution in [1.29, 1.82) is 0 Å². The number of hydrogen-bond donors (Lipinski definition) is 1. The van der Waals surface area contributed by atoms with Crippen LogP contribution in [0.5, 0.6) is 0 Å². The number of nitrogens with one attached hydrogen (secondary N) is 1. The molecule has 0 aliphatic carbocycles. The molecule has 0 bridgehead atoms. The Morgan fingerprint density at radius 3 is 2.32 bits per heavy atom. The largest absolute Gasteiger partial charge is 0.469 e. The monoisotopic (exact) mass is 349 g/mol. The molecular weight excluding hydrogens is 318 g/mol. The number of anilines is 1. The second-order valence-corrected chi connectivity index (χ2v) is 6.05. The van der Waals surface area contributed by atoms with Crippen molar-refractivity contribution in [2.24, 2.45) is 5.92 Å². The van der Waals surface area contributed by atoms with Crippen LogP contribution >= 0.6 is 0 Å². The molecule has 0 heterocycles. The Kier molecular flexibility index (Phi) is 9.62. The number of carbonyl (C=O) groups is 2. The number of methoxy groups -OCH3 is 1. The summed E-state index contributed by atoms with van der Waals surface area (Å²) < 4.78 is 4.78. The summed E-state index contributed by atoms with van der Waals surface area (Å²) in [5.41, 5.74) is 0.743. The van der Waals surface area contributed by atoms with Crippen LogP contribution in [0.2, 0.25) is 0 Å². The molecule has 0 aromatic heterocycles. The van der Waals surface area contributed by atoms with Gasteiger partial charge in [0.2, 0.25) is 0 Å². The molecule has 1 N–H and O–H groups in total. The molecular formula is C19H31N3O3. The van der Waals surface area contributed by atoms with Crippen molar-refractivity contribution in [2.45, 2.75) is 27.2 Å². The molecule has 6 heteroatoms. The number of ether oxygens (including phenoxy) is 1. The molecule has 25 heavy (non-hydrogen) atoms. The molecule has 1 rings (SSSR count). The van der Waals surface area contributed by atoms with E-state index in [4.69, 9.17) is 4.74 Å². The van der Waals surface area contributed by atoms with Crippen molar-refractivity contribution in [3.8, 4) is 0 Å². The van der Waals surface area contributed by atoms with Crippen molar-refractivity contribution in [3.63, 3.8) is 0 Å². The third-order valence-electron chi connectivity index (χ3n) is 4.21. The van der Waals surface area contributed by atoms with E-state index in [0.717, 1.165) is 31.7 Å². The molecule has 0 aliphatic rings. The highest BCUT2D eigenvalue weighted by Gasteiger charge is 2.21. The molecule has 0 saturated heterocycles. The number of amides is 2. The lowest BCUT2D eigenvalue weighted by atomic mass is 10.1. The second-order valence-electron chi connectivity index (χ2n) is 6.05. The van der Waals surface area contributed by atoms with Crippen molar-refractivity contribution < 1.29 is 14.3 Å². The highest BCUT2D eigenvalue weighted by molar-refractivity contribution is 5.89. The quantitative estimate of drug-likeness (QED) is 0.660. The summed E-state index contributed by atoms with van der Waals surface area (Å²) in [5, 5.41) is 2.89. The molecule has 0 fully saturated rings. The van der Waals surface area contributed by atoms with Gasteiger partial charge < -0.3 is 19.9 Å². The first-order valence-electron chi connectivity index (χ1n) is 8.92. The van der Waals surface area contributed by atoms with Crippen LogP contribution in [0, 0.1) is 5.92 Å². The normalized spacial score (nSPS) is 11.9. The van der Waals surface area contributed by atoms with Gasteiger partial charge in [-0.2, -0.15) is 0 Å². The number of carbonyl (C=O) groups excluding carboxylic acids is 2. The smallest absolute Gasteiger partial charge is 0.321 e. The number of rotatable bonds is 10. The number of hydrogen-bond acceptors (Lipinski definition) is 4. The van der Waals surface area contributed by atoms with Gasteiger partial charge in [0.1, 0.15) is 0 Å². The SMILES string of the molecule is CCN(CC)CCCN(CC(C)C(=O)OC)C(=O)Nc1ccccc1. The van der Waals surface area contributed by atoms with Crippen LogP contribution in [0.3, 0.4) is 0 Å². The lowest BCUT2D eigenvalue weighted by Crippen LogP contribution is -2.41. The van der Waals surface area contributed by atoms with Gasteiger partial charge in [0.05, 0.1) is 13.0 Å². The van der Waals surface area contributed by atoms with Gasteiger partial charge in [-0.1, -0.05) is 39.0 Å². The van der Waals surface area contributed by atoms with E-state index in [9.17, 15) is 9.59 Å². The van der Waals surface area contributed by atoms with Crippen LogP contribution in [0.1, 0.15) is 27.2 Å². The van der Waals surface area contributed by atoms with Gasteiger partial charge in [-0.15, -0.1) is 0 Å². The summed E-state index contributed by atoms with van der Waals surface area (Å²) in [6.45, 7) is 9.87. The average Bonchev–Trinajstić information content (AvgIpc) is 2.64. The highest BCUT2D eigenvalue weighted by Crippen LogP contribution is 2.10. The van der Waals surface area contributed by atoms with Crippen LogP contribution in [-0.4, -0.2) is 61.6 Å². The number of para-hydroxylation sites is 1. The van der Waals surface area contributed by atoms with Gasteiger partial charge in [0.25, 0.3) is 0 Å². The Bertz CT molecular complexity index is 518. The number of urea groups is 1. The average molecular weight is 349 g/mol. The van der Waals surface area contributed by atoms with Gasteiger partial charge >= 0.3 is 12.0 Å². The topological polar surface area (TPSA) is 61.9 Å². The minimum absolute atomic E-state index is 0.193. The zero-order valence-corrected chi connectivity index (χ0v) is 15.8. The summed E-state index contributed by atoms with van der Waals surface area (Å²) >= 11 is 0. The predicted octanol–water partition coefficient (Wildman–Crippen LogP) is 3.06. The maximum absolute atomic E-state index is 12.6. The molecule has 1 aromatic rings. The molecule has 0 spiro atoms. The molecule has 1 atom stereocenters. The van der Waals surface area contributed by atoms with Crippen molar-refractivity contribution in [3.05, 3.63) is 30.3 Å². The fourth-order valence-electron chi connectivity index (χ4n) is 2.63. The molecule has 1 unspecified atom stereocenters. The third kappa shape index (κ3) is 7.56. The van der Waals surface area contributed by atoms with Crippen LogP contribution in [-0.2, 0) is 9.53 Å². The number of nitrogens with zero attached hydrogens (tertiary/aromatic N) is 2. The summed E-state index contributed by atoms with van der Waals surface area (Å²) in [6, 6.07) is 9.14. The Balaban J connectivity index is 2.68. The molecule has 0 radical (unpaired) electrons. The van der Waals surface area contributed by atoms with Gasteiger partial charge in [-0.05, 0) is 38.2 Å². The van der Waals surface area contributed by atoms with Crippen LogP contribution < -0.4 is 5.32 Å². The van der Waals surface area contributed by atoms with E-state index in [-0.39, 0.29) is 17.9 Å². The molecule has 6 nitrogen and oxygen atoms in total. The molecule has 0 saturated carbocycles. The second kappa shape index (κ2) is 11.5. The van der Waals surface area contributed by atoms with E-state index >= 15 is 0 Å². The van der Waals surface area contributed by atoms with Crippen molar-refractivity contribution >= 4 is 17.7 Å². The van der Waals surface area contributed by atoms with E-state index in [1.165, 1.54) is 7.11 Å². The first-order valence-corrected chi connectivity index (χ1v) is 8.92. The van der Waals surface area contributed by atoms with E-state index in [0.29, 0.717) is 13.1 Å². The lowest BCUT2D eigenvalue weighted by Gasteiger charge is -2.27. The lowest BCUT2D eigenvalue weighted by molar-refractivity contribution is -0.145. The highest BCUT2D eigenvalue weighted by atomic mass is 16.5. The fourth-order valence-corrected chi connectivity index (χ4v) is 2.63. The van der Waals surface area contributed by atoms with E-state index in [1.807, 2.05) is 30.3 Å². The first-order chi connectivity index (χ1) is 12.0. The minimum atomic E-state index is -0.361. The summed E-state index contributed by atoms with van der Waals surface area (Å²) in [7, 11) is 1.37. The van der Waals surface area contributed by atoms with Crippen LogP contribution in [0.25, 0.3) is 0 Å². The summed E-state index contributed by atoms with van der Waals surface area (Å²) in [5.74, 6) is -0.666. The Morgan fingerprint density at radius 2 is 1.76 bits per heavy atom. The predicted molar refractivity (Wildman–Crippen MR) is 101 cm³/mol. The zero-order chi connectivity index (χ0) is 18.7. The summed E-state index contributed by atoms with van der Waals surface area (Å²) in [6.07, 6.45) is 0.859. The van der Waals surface area contributed by atoms with Crippen molar-refractivity contribution in [2.75, 3.05) is 45.2 Å².